The number of rotatable bonds is 5. The van der Waals surface area contributed by atoms with E-state index in [1.165, 1.54) is 12.8 Å². The van der Waals surface area contributed by atoms with Gasteiger partial charge in [-0.3, -0.25) is 9.59 Å². The third kappa shape index (κ3) is 4.84. The zero-order chi connectivity index (χ0) is 19.2. The van der Waals surface area contributed by atoms with Gasteiger partial charge in [0.25, 0.3) is 11.8 Å². The lowest BCUT2D eigenvalue weighted by Gasteiger charge is -2.18. The van der Waals surface area contributed by atoms with E-state index < -0.39 is 5.91 Å². The summed E-state index contributed by atoms with van der Waals surface area (Å²) in [5, 5.41) is 0. The van der Waals surface area contributed by atoms with Gasteiger partial charge in [-0.15, -0.1) is 0 Å². The number of amides is 2. The molecule has 0 radical (unpaired) electrons. The van der Waals surface area contributed by atoms with Gasteiger partial charge in [0.2, 0.25) is 6.54 Å². The van der Waals surface area contributed by atoms with Crippen LogP contribution in [0.15, 0.2) is 42.7 Å². The van der Waals surface area contributed by atoms with Crippen LogP contribution in [0.1, 0.15) is 36.0 Å². The molecule has 1 saturated heterocycles. The molecule has 0 aliphatic carbocycles. The predicted molar refractivity (Wildman–Crippen MR) is 102 cm³/mol. The number of methoxy groups -OCH3 is 1. The average molecular weight is 368 g/mol. The Morgan fingerprint density at radius 3 is 2.30 bits per heavy atom. The van der Waals surface area contributed by atoms with Gasteiger partial charge in [-0.1, -0.05) is 25.0 Å². The summed E-state index contributed by atoms with van der Waals surface area (Å²) >= 11 is 0. The standard InChI is InChI=1S/C21H25N3O3/c1-27-19-8-6-16(7-9-19)17-12-18(21(22)26)14-23(13-17)15-20(25)24-10-4-2-3-5-11-24/h6-9,12-14H,2-5,10-11,15H2,1H3,(H-,22,26)/p+1. The Hall–Kier alpha value is -2.89. The second kappa shape index (κ2) is 8.66. The van der Waals surface area contributed by atoms with Gasteiger partial charge in [0, 0.05) is 18.7 Å². The van der Waals surface area contributed by atoms with E-state index in [0.29, 0.717) is 5.56 Å². The van der Waals surface area contributed by atoms with Crippen molar-refractivity contribution in [1.82, 2.24) is 4.90 Å². The fourth-order valence-electron chi connectivity index (χ4n) is 3.38. The fourth-order valence-corrected chi connectivity index (χ4v) is 3.38. The summed E-state index contributed by atoms with van der Waals surface area (Å²) < 4.78 is 6.95. The molecule has 1 aliphatic heterocycles. The molecule has 2 aromatic rings. The molecule has 27 heavy (non-hydrogen) atoms. The van der Waals surface area contributed by atoms with E-state index in [1.807, 2.05) is 35.4 Å². The van der Waals surface area contributed by atoms with Gasteiger partial charge in [-0.25, -0.2) is 0 Å². The fraction of sp³-hybridized carbons (Fsp3) is 0.381. The van der Waals surface area contributed by atoms with Crippen LogP contribution in [0.2, 0.25) is 0 Å². The van der Waals surface area contributed by atoms with Gasteiger partial charge in [0.1, 0.15) is 11.3 Å². The molecule has 2 N–H and O–H groups in total. The van der Waals surface area contributed by atoms with Gasteiger partial charge in [0.05, 0.1) is 7.11 Å². The molecule has 142 valence electrons. The molecule has 1 aromatic heterocycles. The van der Waals surface area contributed by atoms with Crippen LogP contribution < -0.4 is 15.0 Å². The van der Waals surface area contributed by atoms with Crippen molar-refractivity contribution in [1.29, 1.82) is 0 Å². The molecule has 6 nitrogen and oxygen atoms in total. The van der Waals surface area contributed by atoms with Crippen LogP contribution in [0.3, 0.4) is 0 Å². The Balaban J connectivity index is 1.86. The molecular weight excluding hydrogens is 342 g/mol. The lowest BCUT2D eigenvalue weighted by molar-refractivity contribution is -0.684. The second-order valence-electron chi connectivity index (χ2n) is 6.87. The monoisotopic (exact) mass is 368 g/mol. The van der Waals surface area contributed by atoms with Crippen LogP contribution in [0.5, 0.6) is 5.75 Å². The van der Waals surface area contributed by atoms with Crippen LogP contribution >= 0.6 is 0 Å². The highest BCUT2D eigenvalue weighted by molar-refractivity contribution is 5.93. The Morgan fingerprint density at radius 2 is 1.70 bits per heavy atom. The number of primary amides is 1. The quantitative estimate of drug-likeness (QED) is 0.822. The smallest absolute Gasteiger partial charge is 0.288 e. The van der Waals surface area contributed by atoms with Crippen molar-refractivity contribution in [3.05, 3.63) is 48.3 Å². The molecule has 0 unspecified atom stereocenters. The number of pyridine rings is 1. The normalized spacial score (nSPS) is 14.5. The van der Waals surface area contributed by atoms with Crippen molar-refractivity contribution in [2.75, 3.05) is 20.2 Å². The van der Waals surface area contributed by atoms with Crippen LogP contribution in [0, 0.1) is 0 Å². The molecule has 6 heteroatoms. The lowest BCUT2D eigenvalue weighted by Crippen LogP contribution is -2.45. The van der Waals surface area contributed by atoms with Crippen LogP contribution in [-0.2, 0) is 11.3 Å². The molecule has 2 heterocycles. The summed E-state index contributed by atoms with van der Waals surface area (Å²) in [6, 6.07) is 9.30. The zero-order valence-electron chi connectivity index (χ0n) is 15.7. The summed E-state index contributed by atoms with van der Waals surface area (Å²) in [6.07, 6.45) is 7.98. The Bertz CT molecular complexity index is 810. The maximum absolute atomic E-state index is 12.7. The highest BCUT2D eigenvalue weighted by Crippen LogP contribution is 2.22. The maximum Gasteiger partial charge on any atom is 0.288 e. The van der Waals surface area contributed by atoms with E-state index in [9.17, 15) is 9.59 Å². The van der Waals surface area contributed by atoms with Crippen molar-refractivity contribution < 1.29 is 18.9 Å². The average Bonchev–Trinajstić information content (AvgIpc) is 2.97. The first kappa shape index (κ1) is 18.9. The van der Waals surface area contributed by atoms with Gasteiger partial charge in [0.15, 0.2) is 12.4 Å². The van der Waals surface area contributed by atoms with Gasteiger partial charge < -0.3 is 15.4 Å². The van der Waals surface area contributed by atoms with Crippen molar-refractivity contribution >= 4 is 11.8 Å². The molecule has 1 aromatic carbocycles. The zero-order valence-corrected chi connectivity index (χ0v) is 15.7. The summed E-state index contributed by atoms with van der Waals surface area (Å²) in [7, 11) is 1.62. The number of ether oxygens (including phenoxy) is 1. The Labute approximate surface area is 159 Å². The number of hydrogen-bond donors (Lipinski definition) is 1. The number of likely N-dealkylation sites (tertiary alicyclic amines) is 1. The number of nitrogens with zero attached hydrogens (tertiary/aromatic N) is 2. The maximum atomic E-state index is 12.7. The van der Waals surface area contributed by atoms with Crippen LogP contribution in [0.4, 0.5) is 0 Å². The van der Waals surface area contributed by atoms with Crippen LogP contribution in [-0.4, -0.2) is 36.9 Å². The third-order valence-electron chi connectivity index (χ3n) is 4.91. The molecule has 1 fully saturated rings. The minimum absolute atomic E-state index is 0.0733. The number of carbonyl (C=O) groups excluding carboxylic acids is 2. The number of nitrogens with two attached hydrogens (primary N) is 1. The molecule has 1 aliphatic rings. The van der Waals surface area contributed by atoms with Crippen molar-refractivity contribution in [2.45, 2.75) is 32.2 Å². The summed E-state index contributed by atoms with van der Waals surface area (Å²) in [4.78, 5) is 26.4. The van der Waals surface area contributed by atoms with Gasteiger partial charge in [-0.2, -0.15) is 4.57 Å². The number of hydrogen-bond acceptors (Lipinski definition) is 3. The van der Waals surface area contributed by atoms with E-state index >= 15 is 0 Å². The molecule has 0 saturated carbocycles. The highest BCUT2D eigenvalue weighted by atomic mass is 16.5. The topological polar surface area (TPSA) is 76.5 Å². The SMILES string of the molecule is COc1ccc(-c2cc(C(N)=O)c[n+](CC(=O)N3CCCCCC3)c2)cc1. The van der Waals surface area contributed by atoms with E-state index in [0.717, 1.165) is 42.8 Å². The minimum atomic E-state index is -0.513. The first-order valence-corrected chi connectivity index (χ1v) is 9.33. The Kier molecular flexibility index (Phi) is 6.06. The second-order valence-corrected chi connectivity index (χ2v) is 6.87. The highest BCUT2D eigenvalue weighted by Gasteiger charge is 2.21. The van der Waals surface area contributed by atoms with Crippen LogP contribution in [0.25, 0.3) is 11.1 Å². The largest absolute Gasteiger partial charge is 0.497 e. The van der Waals surface area contributed by atoms with E-state index in [-0.39, 0.29) is 12.5 Å². The van der Waals surface area contributed by atoms with Crippen molar-refractivity contribution in [2.24, 2.45) is 5.73 Å². The molecule has 2 amide bonds. The van der Waals surface area contributed by atoms with Gasteiger partial charge >= 0.3 is 0 Å². The molecular formula is C21H26N3O3+. The van der Waals surface area contributed by atoms with Gasteiger partial charge in [-0.05, 0) is 36.6 Å². The first-order chi connectivity index (χ1) is 13.1. The molecule has 0 atom stereocenters. The van der Waals surface area contributed by atoms with E-state index in [2.05, 4.69) is 0 Å². The number of carbonyl (C=O) groups is 2. The summed E-state index contributed by atoms with van der Waals surface area (Å²) in [5.74, 6) is 0.319. The lowest BCUT2D eigenvalue weighted by atomic mass is 10.1. The Morgan fingerprint density at radius 1 is 1.04 bits per heavy atom. The summed E-state index contributed by atoms with van der Waals surface area (Å²) in [5.41, 5.74) is 7.64. The number of benzene rings is 1. The van der Waals surface area contributed by atoms with E-state index in [1.54, 1.807) is 23.9 Å². The van der Waals surface area contributed by atoms with E-state index in [4.69, 9.17) is 10.5 Å². The summed E-state index contributed by atoms with van der Waals surface area (Å²) in [6.45, 7) is 1.81. The predicted octanol–water partition coefficient (Wildman–Crippen LogP) is 2.15. The number of aromatic nitrogens is 1. The first-order valence-electron chi connectivity index (χ1n) is 9.33. The van der Waals surface area contributed by atoms with Crippen molar-refractivity contribution in [3.63, 3.8) is 0 Å². The minimum Gasteiger partial charge on any atom is -0.497 e. The third-order valence-corrected chi connectivity index (χ3v) is 4.91. The molecule has 3 rings (SSSR count). The molecule has 0 bridgehead atoms. The van der Waals surface area contributed by atoms with Crippen molar-refractivity contribution in [3.8, 4) is 16.9 Å². The molecule has 0 spiro atoms.